The van der Waals surface area contributed by atoms with Crippen LogP contribution in [-0.2, 0) is 19.4 Å². The van der Waals surface area contributed by atoms with Crippen molar-refractivity contribution in [3.8, 4) is 0 Å². The first-order chi connectivity index (χ1) is 9.81. The summed E-state index contributed by atoms with van der Waals surface area (Å²) in [6, 6.07) is 6.51. The number of carbonyl (C=O) groups excluding carboxylic acids is 1. The van der Waals surface area contributed by atoms with E-state index in [2.05, 4.69) is 0 Å². The molecule has 0 aromatic heterocycles. The van der Waals surface area contributed by atoms with Crippen LogP contribution in [0.2, 0.25) is 0 Å². The standard InChI is InChI=1S/C15H20O5S/c1-12-6-8-14(9-7-12)21(18,19)11-10-20-15(17)5-3-4-13(2)16/h3,5-9,13,16H,4,10-11H2,1-2H3/b5-3+/t13-/m1/s1. The molecule has 0 aliphatic heterocycles. The zero-order valence-electron chi connectivity index (χ0n) is 12.2. The summed E-state index contributed by atoms with van der Waals surface area (Å²) in [7, 11) is -3.45. The van der Waals surface area contributed by atoms with E-state index in [4.69, 9.17) is 9.84 Å². The highest BCUT2D eigenvalue weighted by Gasteiger charge is 2.14. The van der Waals surface area contributed by atoms with Crippen molar-refractivity contribution in [3.05, 3.63) is 42.0 Å². The third-order valence-electron chi connectivity index (χ3n) is 2.71. The van der Waals surface area contributed by atoms with Gasteiger partial charge in [0.05, 0.1) is 16.8 Å². The molecule has 0 unspecified atom stereocenters. The van der Waals surface area contributed by atoms with Crippen LogP contribution < -0.4 is 0 Å². The van der Waals surface area contributed by atoms with Gasteiger partial charge in [-0.2, -0.15) is 0 Å². The number of aliphatic hydroxyl groups excluding tert-OH is 1. The summed E-state index contributed by atoms with van der Waals surface area (Å²) in [5, 5.41) is 9.01. The Kier molecular flexibility index (Phi) is 6.58. The van der Waals surface area contributed by atoms with Crippen molar-refractivity contribution in [2.24, 2.45) is 0 Å². The minimum absolute atomic E-state index is 0.200. The second-order valence-electron chi connectivity index (χ2n) is 4.79. The lowest BCUT2D eigenvalue weighted by atomic mass is 10.2. The summed E-state index contributed by atoms with van der Waals surface area (Å²) in [4.78, 5) is 11.5. The molecule has 1 rings (SSSR count). The van der Waals surface area contributed by atoms with Crippen LogP contribution in [0.5, 0.6) is 0 Å². The van der Waals surface area contributed by atoms with Gasteiger partial charge in [0.15, 0.2) is 9.84 Å². The number of hydrogen-bond acceptors (Lipinski definition) is 5. The van der Waals surface area contributed by atoms with Crippen molar-refractivity contribution in [2.75, 3.05) is 12.4 Å². The van der Waals surface area contributed by atoms with Crippen LogP contribution in [0, 0.1) is 6.92 Å². The number of ether oxygens (including phenoxy) is 1. The molecule has 0 saturated heterocycles. The van der Waals surface area contributed by atoms with Gasteiger partial charge in [-0.25, -0.2) is 13.2 Å². The average molecular weight is 312 g/mol. The Morgan fingerprint density at radius 3 is 2.52 bits per heavy atom. The highest BCUT2D eigenvalue weighted by Crippen LogP contribution is 2.12. The fraction of sp³-hybridized carbons (Fsp3) is 0.400. The third-order valence-corrected chi connectivity index (χ3v) is 4.40. The number of rotatable bonds is 7. The van der Waals surface area contributed by atoms with Crippen LogP contribution in [0.15, 0.2) is 41.3 Å². The zero-order valence-corrected chi connectivity index (χ0v) is 13.0. The lowest BCUT2D eigenvalue weighted by molar-refractivity contribution is -0.137. The molecule has 1 aromatic carbocycles. The molecule has 0 fully saturated rings. The van der Waals surface area contributed by atoms with Gasteiger partial charge < -0.3 is 9.84 Å². The van der Waals surface area contributed by atoms with Crippen molar-refractivity contribution in [1.29, 1.82) is 0 Å². The van der Waals surface area contributed by atoms with E-state index in [0.717, 1.165) is 5.56 Å². The molecule has 5 nitrogen and oxygen atoms in total. The smallest absolute Gasteiger partial charge is 0.330 e. The number of benzene rings is 1. The summed E-state index contributed by atoms with van der Waals surface area (Å²) in [5.74, 6) is -0.874. The molecule has 0 aliphatic carbocycles. The monoisotopic (exact) mass is 312 g/mol. The highest BCUT2D eigenvalue weighted by atomic mass is 32.2. The Bertz CT molecular complexity index is 585. The molecule has 0 heterocycles. The van der Waals surface area contributed by atoms with Gasteiger partial charge in [-0.3, -0.25) is 0 Å². The Morgan fingerprint density at radius 2 is 1.95 bits per heavy atom. The predicted octanol–water partition coefficient (Wildman–Crippen LogP) is 1.64. The van der Waals surface area contributed by atoms with Gasteiger partial charge >= 0.3 is 5.97 Å². The molecule has 116 valence electrons. The van der Waals surface area contributed by atoms with Crippen LogP contribution >= 0.6 is 0 Å². The van der Waals surface area contributed by atoms with Crippen molar-refractivity contribution in [3.63, 3.8) is 0 Å². The molecule has 0 bridgehead atoms. The first-order valence-electron chi connectivity index (χ1n) is 6.62. The first-order valence-corrected chi connectivity index (χ1v) is 8.27. The van der Waals surface area contributed by atoms with Gasteiger partial charge in [0, 0.05) is 6.08 Å². The van der Waals surface area contributed by atoms with E-state index in [1.165, 1.54) is 24.3 Å². The van der Waals surface area contributed by atoms with Crippen molar-refractivity contribution in [2.45, 2.75) is 31.3 Å². The molecule has 1 N–H and O–H groups in total. The summed E-state index contributed by atoms with van der Waals surface area (Å²) >= 11 is 0. The molecule has 0 amide bonds. The number of carbonyl (C=O) groups is 1. The molecular formula is C15H20O5S. The number of esters is 1. The Balaban J connectivity index is 2.46. The highest BCUT2D eigenvalue weighted by molar-refractivity contribution is 7.91. The molecule has 1 aromatic rings. The molecule has 0 radical (unpaired) electrons. The number of sulfone groups is 1. The van der Waals surface area contributed by atoms with Crippen LogP contribution in [0.4, 0.5) is 0 Å². The van der Waals surface area contributed by atoms with E-state index in [9.17, 15) is 13.2 Å². The maximum atomic E-state index is 12.0. The van der Waals surface area contributed by atoms with Crippen molar-refractivity contribution < 1.29 is 23.1 Å². The summed E-state index contributed by atoms with van der Waals surface area (Å²) in [6.45, 7) is 3.27. The normalized spacial score (nSPS) is 13.3. The number of aliphatic hydroxyl groups is 1. The van der Waals surface area contributed by atoms with Gasteiger partial charge in [0.2, 0.25) is 0 Å². The van der Waals surface area contributed by atoms with Crippen LogP contribution in [-0.4, -0.2) is 38.0 Å². The van der Waals surface area contributed by atoms with Gasteiger partial charge in [-0.05, 0) is 32.4 Å². The lowest BCUT2D eigenvalue weighted by Gasteiger charge is -2.05. The molecule has 0 saturated carbocycles. The fourth-order valence-electron chi connectivity index (χ4n) is 1.52. The van der Waals surface area contributed by atoms with Crippen LogP contribution in [0.3, 0.4) is 0 Å². The molecule has 1 atom stereocenters. The first kappa shape index (κ1) is 17.4. The molecule has 21 heavy (non-hydrogen) atoms. The van der Waals surface area contributed by atoms with Gasteiger partial charge in [0.1, 0.15) is 6.61 Å². The third kappa shape index (κ3) is 6.55. The quantitative estimate of drug-likeness (QED) is 0.611. The zero-order chi connectivity index (χ0) is 15.9. The summed E-state index contributed by atoms with van der Waals surface area (Å²) in [6.07, 6.45) is 2.49. The second-order valence-corrected chi connectivity index (χ2v) is 6.90. The van der Waals surface area contributed by atoms with E-state index in [-0.39, 0.29) is 17.3 Å². The fourth-order valence-corrected chi connectivity index (χ4v) is 2.61. The van der Waals surface area contributed by atoms with Gasteiger partial charge in [-0.1, -0.05) is 23.8 Å². The van der Waals surface area contributed by atoms with Gasteiger partial charge in [-0.15, -0.1) is 0 Å². The van der Waals surface area contributed by atoms with E-state index in [0.29, 0.717) is 6.42 Å². The van der Waals surface area contributed by atoms with Gasteiger partial charge in [0.25, 0.3) is 0 Å². The van der Waals surface area contributed by atoms with Crippen LogP contribution in [0.25, 0.3) is 0 Å². The topological polar surface area (TPSA) is 80.7 Å². The largest absolute Gasteiger partial charge is 0.461 e. The molecule has 6 heteroatoms. The van der Waals surface area contributed by atoms with Crippen molar-refractivity contribution >= 4 is 15.8 Å². The second kappa shape index (κ2) is 7.95. The lowest BCUT2D eigenvalue weighted by Crippen LogP contribution is -2.14. The predicted molar refractivity (Wildman–Crippen MR) is 79.6 cm³/mol. The average Bonchev–Trinajstić information content (AvgIpc) is 2.38. The maximum absolute atomic E-state index is 12.0. The summed E-state index contributed by atoms with van der Waals surface area (Å²) < 4.78 is 28.8. The SMILES string of the molecule is Cc1ccc(S(=O)(=O)CCOC(=O)/C=C/C[C@@H](C)O)cc1. The molecule has 0 spiro atoms. The summed E-state index contributed by atoms with van der Waals surface area (Å²) in [5.41, 5.74) is 0.976. The Labute approximate surface area is 125 Å². The van der Waals surface area contributed by atoms with Crippen LogP contribution in [0.1, 0.15) is 18.9 Å². The number of aryl methyl sites for hydroxylation is 1. The maximum Gasteiger partial charge on any atom is 0.330 e. The minimum atomic E-state index is -3.45. The van der Waals surface area contributed by atoms with E-state index in [1.807, 2.05) is 6.92 Å². The van der Waals surface area contributed by atoms with E-state index < -0.39 is 21.9 Å². The molecular weight excluding hydrogens is 292 g/mol. The Hall–Kier alpha value is -1.66. The Morgan fingerprint density at radius 1 is 1.33 bits per heavy atom. The molecule has 0 aliphatic rings. The van der Waals surface area contributed by atoms with E-state index in [1.54, 1.807) is 19.1 Å². The van der Waals surface area contributed by atoms with Crippen molar-refractivity contribution in [1.82, 2.24) is 0 Å². The van der Waals surface area contributed by atoms with E-state index >= 15 is 0 Å². The minimum Gasteiger partial charge on any atom is -0.461 e. The number of hydrogen-bond donors (Lipinski definition) is 1.